The van der Waals surface area contributed by atoms with Crippen molar-refractivity contribution in [1.29, 1.82) is 5.41 Å². The first kappa shape index (κ1) is 18.0. The maximum Gasteiger partial charge on any atom is 0.418 e. The van der Waals surface area contributed by atoms with Crippen molar-refractivity contribution in [2.45, 2.75) is 37.8 Å². The second-order valence-corrected chi connectivity index (χ2v) is 7.44. The van der Waals surface area contributed by atoms with E-state index in [1.807, 2.05) is 0 Å². The monoisotopic (exact) mass is 375 g/mol. The number of hydrogen-bond donors (Lipinski definition) is 4. The highest BCUT2D eigenvalue weighted by atomic mass is 32.3. The molecule has 0 aromatic heterocycles. The molecular formula is C13H21N5O6S. The summed E-state index contributed by atoms with van der Waals surface area (Å²) in [6.45, 7) is 1.68. The molecule has 0 unspecified atom stereocenters. The lowest BCUT2D eigenvalue weighted by molar-refractivity contribution is -0.124. The quantitative estimate of drug-likeness (QED) is 0.282. The smallest absolute Gasteiger partial charge is 0.317 e. The molecule has 11 nitrogen and oxygen atoms in total. The fraction of sp³-hybridized carbons (Fsp3) is 0.769. The van der Waals surface area contributed by atoms with Crippen LogP contribution in [0.1, 0.15) is 25.7 Å². The van der Waals surface area contributed by atoms with Crippen molar-refractivity contribution >= 4 is 28.2 Å². The van der Waals surface area contributed by atoms with Crippen LogP contribution >= 0.6 is 0 Å². The van der Waals surface area contributed by atoms with E-state index in [1.165, 1.54) is 4.90 Å². The summed E-state index contributed by atoms with van der Waals surface area (Å²) in [5, 5.41) is 14.5. The fourth-order valence-corrected chi connectivity index (χ4v) is 3.92. The summed E-state index contributed by atoms with van der Waals surface area (Å²) >= 11 is 0. The Morgan fingerprint density at radius 2 is 1.96 bits per heavy atom. The number of amidine groups is 1. The first-order valence-electron chi connectivity index (χ1n) is 8.13. The topological polar surface area (TPSA) is 152 Å². The van der Waals surface area contributed by atoms with Gasteiger partial charge >= 0.3 is 16.4 Å². The molecule has 2 bridgehead atoms. The van der Waals surface area contributed by atoms with Gasteiger partial charge in [-0.3, -0.25) is 14.8 Å². The number of nitrogens with one attached hydrogen (secondary N) is 3. The van der Waals surface area contributed by atoms with E-state index in [0.717, 1.165) is 13.1 Å². The third-order valence-electron chi connectivity index (χ3n) is 4.80. The van der Waals surface area contributed by atoms with E-state index in [2.05, 4.69) is 14.9 Å². The van der Waals surface area contributed by atoms with Crippen molar-refractivity contribution in [3.8, 4) is 0 Å². The molecule has 0 aliphatic carbocycles. The number of rotatable bonds is 4. The summed E-state index contributed by atoms with van der Waals surface area (Å²) in [5.41, 5.74) is 0. The van der Waals surface area contributed by atoms with Gasteiger partial charge in [0.25, 0.3) is 0 Å². The first-order chi connectivity index (χ1) is 11.8. The molecule has 3 rings (SSSR count). The lowest BCUT2D eigenvalue weighted by atomic mass is 9.96. The number of urea groups is 1. The Morgan fingerprint density at radius 1 is 1.28 bits per heavy atom. The van der Waals surface area contributed by atoms with E-state index in [0.29, 0.717) is 30.7 Å². The van der Waals surface area contributed by atoms with E-state index >= 15 is 0 Å². The van der Waals surface area contributed by atoms with Crippen molar-refractivity contribution in [2.24, 2.45) is 5.92 Å². The molecule has 0 radical (unpaired) electrons. The molecule has 2 atom stereocenters. The van der Waals surface area contributed by atoms with Crippen LogP contribution in [0.25, 0.3) is 0 Å². The number of nitrogens with zero attached hydrogens (tertiary/aromatic N) is 2. The standard InChI is InChI=1S/C13H21N5O6S/c14-11(16-12(19)8-3-5-15-6-4-8)10-2-1-9-7-17(10)13(20)18(9)24-25(21,22)23/h8-10,15H,1-7H2,(H2,14,16,19)(H,21,22,23)/t9-,10+/m1/s1. The Labute approximate surface area is 145 Å². The summed E-state index contributed by atoms with van der Waals surface area (Å²) in [4.78, 5) is 25.8. The van der Waals surface area contributed by atoms with Gasteiger partial charge in [-0.1, -0.05) is 0 Å². The molecule has 3 aliphatic rings. The van der Waals surface area contributed by atoms with Crippen molar-refractivity contribution in [3.05, 3.63) is 0 Å². The molecule has 3 heterocycles. The number of carbonyl (C=O) groups is 2. The molecule has 4 N–H and O–H groups in total. The van der Waals surface area contributed by atoms with Gasteiger partial charge in [0.1, 0.15) is 5.84 Å². The van der Waals surface area contributed by atoms with Crippen LogP contribution in [0, 0.1) is 11.3 Å². The average molecular weight is 375 g/mol. The molecule has 12 heteroatoms. The van der Waals surface area contributed by atoms with Gasteiger partial charge in [0.15, 0.2) is 0 Å². The number of hydrogen-bond acceptors (Lipinski definition) is 7. The minimum absolute atomic E-state index is 0.0796. The van der Waals surface area contributed by atoms with Gasteiger partial charge in [0.05, 0.1) is 12.1 Å². The van der Waals surface area contributed by atoms with Crippen LogP contribution in [0.3, 0.4) is 0 Å². The largest absolute Gasteiger partial charge is 0.418 e. The Hall–Kier alpha value is -1.76. The normalized spacial score (nSPS) is 27.5. The lowest BCUT2D eigenvalue weighted by Crippen LogP contribution is -2.52. The zero-order valence-corrected chi connectivity index (χ0v) is 14.3. The highest BCUT2D eigenvalue weighted by Gasteiger charge is 2.48. The average Bonchev–Trinajstić information content (AvgIpc) is 2.79. The van der Waals surface area contributed by atoms with Crippen LogP contribution in [-0.4, -0.2) is 72.4 Å². The number of carbonyl (C=O) groups excluding carboxylic acids is 2. The van der Waals surface area contributed by atoms with Crippen molar-refractivity contribution in [3.63, 3.8) is 0 Å². The Kier molecular flexibility index (Phi) is 4.95. The highest BCUT2D eigenvalue weighted by Crippen LogP contribution is 2.30. The maximum atomic E-state index is 12.3. The Balaban J connectivity index is 1.63. The van der Waals surface area contributed by atoms with E-state index in [1.54, 1.807) is 0 Å². The minimum Gasteiger partial charge on any atom is -0.317 e. The van der Waals surface area contributed by atoms with E-state index in [4.69, 9.17) is 9.96 Å². The van der Waals surface area contributed by atoms with Gasteiger partial charge in [-0.05, 0) is 38.8 Å². The zero-order valence-electron chi connectivity index (χ0n) is 13.5. The molecular weight excluding hydrogens is 354 g/mol. The van der Waals surface area contributed by atoms with E-state index in [9.17, 15) is 18.0 Å². The molecule has 3 amide bonds. The van der Waals surface area contributed by atoms with Crippen molar-refractivity contribution in [1.82, 2.24) is 20.6 Å². The Bertz CT molecular complexity index is 676. The van der Waals surface area contributed by atoms with Gasteiger partial charge in [-0.25, -0.2) is 4.79 Å². The van der Waals surface area contributed by atoms with Crippen LogP contribution in [0.4, 0.5) is 4.79 Å². The summed E-state index contributed by atoms with van der Waals surface area (Å²) in [7, 11) is -4.80. The molecule has 25 heavy (non-hydrogen) atoms. The highest BCUT2D eigenvalue weighted by molar-refractivity contribution is 7.80. The van der Waals surface area contributed by atoms with E-state index < -0.39 is 28.5 Å². The fourth-order valence-electron chi connectivity index (χ4n) is 3.53. The lowest BCUT2D eigenvalue weighted by Gasteiger charge is -2.31. The van der Waals surface area contributed by atoms with E-state index in [-0.39, 0.29) is 24.2 Å². The van der Waals surface area contributed by atoms with Crippen molar-refractivity contribution in [2.75, 3.05) is 19.6 Å². The van der Waals surface area contributed by atoms with Crippen LogP contribution in [0.2, 0.25) is 0 Å². The first-order valence-corrected chi connectivity index (χ1v) is 9.49. The second kappa shape index (κ2) is 6.86. The summed E-state index contributed by atoms with van der Waals surface area (Å²) in [6, 6.07) is -1.91. The Morgan fingerprint density at radius 3 is 2.60 bits per heavy atom. The summed E-state index contributed by atoms with van der Waals surface area (Å²) in [6.07, 6.45) is 2.19. The summed E-state index contributed by atoms with van der Waals surface area (Å²) in [5.74, 6) is -0.470. The third-order valence-corrected chi connectivity index (χ3v) is 5.15. The van der Waals surface area contributed by atoms with Gasteiger partial charge < -0.3 is 15.5 Å². The van der Waals surface area contributed by atoms with Crippen LogP contribution in [-0.2, 0) is 19.5 Å². The van der Waals surface area contributed by atoms with Gasteiger partial charge in [-0.15, -0.1) is 4.28 Å². The van der Waals surface area contributed by atoms with Gasteiger partial charge in [0, 0.05) is 12.5 Å². The van der Waals surface area contributed by atoms with Gasteiger partial charge in [0.2, 0.25) is 5.91 Å². The molecule has 0 aromatic carbocycles. The zero-order chi connectivity index (χ0) is 18.2. The second-order valence-electron chi connectivity index (χ2n) is 6.44. The molecule has 0 aromatic rings. The van der Waals surface area contributed by atoms with Crippen LogP contribution in [0.15, 0.2) is 0 Å². The molecule has 3 fully saturated rings. The number of hydroxylamine groups is 2. The number of amides is 3. The molecule has 3 saturated heterocycles. The van der Waals surface area contributed by atoms with Gasteiger partial charge in [-0.2, -0.15) is 13.5 Å². The van der Waals surface area contributed by atoms with Crippen LogP contribution in [0.5, 0.6) is 0 Å². The van der Waals surface area contributed by atoms with Crippen LogP contribution < -0.4 is 10.6 Å². The SMILES string of the molecule is N=C(NC(=O)C1CCNCC1)[C@@H]1CC[C@@H]2CN1C(=O)N2OS(=O)(=O)O. The molecule has 0 saturated carbocycles. The predicted octanol–water partition coefficient (Wildman–Crippen LogP) is -0.918. The summed E-state index contributed by atoms with van der Waals surface area (Å²) < 4.78 is 34.9. The third kappa shape index (κ3) is 3.92. The number of piperidine rings is 2. The molecule has 140 valence electrons. The minimum atomic E-state index is -4.80. The predicted molar refractivity (Wildman–Crippen MR) is 84.8 cm³/mol. The van der Waals surface area contributed by atoms with Crippen molar-refractivity contribution < 1.29 is 26.8 Å². The maximum absolute atomic E-state index is 12.3. The molecule has 0 spiro atoms. The molecule has 3 aliphatic heterocycles. The number of fused-ring (bicyclic) bond motifs is 2.